The van der Waals surface area contributed by atoms with E-state index in [-0.39, 0.29) is 12.5 Å². The van der Waals surface area contributed by atoms with E-state index in [0.717, 1.165) is 37.7 Å². The molecule has 1 rings (SSSR count). The van der Waals surface area contributed by atoms with E-state index in [1.807, 2.05) is 18.2 Å². The maximum absolute atomic E-state index is 11.1. The van der Waals surface area contributed by atoms with Crippen LogP contribution in [0.15, 0.2) is 24.3 Å². The normalized spacial score (nSPS) is 10.3. The summed E-state index contributed by atoms with van der Waals surface area (Å²) < 4.78 is 0. The zero-order chi connectivity index (χ0) is 11.8. The van der Waals surface area contributed by atoms with Crippen molar-refractivity contribution < 1.29 is 9.90 Å². The first-order valence-electron chi connectivity index (χ1n) is 5.74. The monoisotopic (exact) mass is 221 g/mol. The molecule has 0 aromatic heterocycles. The Morgan fingerprint density at radius 3 is 2.50 bits per heavy atom. The molecule has 0 aliphatic heterocycles. The average molecular weight is 221 g/mol. The van der Waals surface area contributed by atoms with Gasteiger partial charge in [-0.3, -0.25) is 4.79 Å². The predicted molar refractivity (Wildman–Crippen MR) is 64.2 cm³/mol. The smallest absolute Gasteiger partial charge is 0.248 e. The third-order valence-electron chi connectivity index (χ3n) is 2.64. The van der Waals surface area contributed by atoms with Crippen LogP contribution in [0.5, 0.6) is 0 Å². The molecule has 0 spiro atoms. The summed E-state index contributed by atoms with van der Waals surface area (Å²) in [4.78, 5) is 11.1. The Morgan fingerprint density at radius 1 is 1.12 bits per heavy atom. The molecule has 3 heteroatoms. The Morgan fingerprint density at radius 2 is 1.81 bits per heavy atom. The summed E-state index contributed by atoms with van der Waals surface area (Å²) in [6.07, 6.45) is 4.88. The average Bonchev–Trinajstić information content (AvgIpc) is 2.29. The second-order valence-electron chi connectivity index (χ2n) is 3.91. The first-order valence-corrected chi connectivity index (χ1v) is 5.74. The van der Waals surface area contributed by atoms with Crippen molar-refractivity contribution in [3.8, 4) is 0 Å². The minimum absolute atomic E-state index is 0.262. The molecule has 16 heavy (non-hydrogen) atoms. The number of carbonyl (C=O) groups excluding carboxylic acids is 1. The van der Waals surface area contributed by atoms with Gasteiger partial charge in [-0.1, -0.05) is 31.0 Å². The maximum atomic E-state index is 11.1. The summed E-state index contributed by atoms with van der Waals surface area (Å²) in [5.74, 6) is -0.356. The van der Waals surface area contributed by atoms with Crippen LogP contribution in [0.1, 0.15) is 41.6 Å². The summed E-state index contributed by atoms with van der Waals surface area (Å²) in [5.41, 5.74) is 6.95. The number of nitrogens with two attached hydrogens (primary N) is 1. The largest absolute Gasteiger partial charge is 0.396 e. The number of hydrogen-bond acceptors (Lipinski definition) is 2. The summed E-state index contributed by atoms with van der Waals surface area (Å²) in [7, 11) is 0. The number of amides is 1. The van der Waals surface area contributed by atoms with Gasteiger partial charge in [0.05, 0.1) is 0 Å². The fourth-order valence-corrected chi connectivity index (χ4v) is 1.76. The molecule has 3 N–H and O–H groups in total. The number of aliphatic hydroxyl groups excluding tert-OH is 1. The highest BCUT2D eigenvalue weighted by Crippen LogP contribution is 2.12. The van der Waals surface area contributed by atoms with E-state index >= 15 is 0 Å². The third kappa shape index (κ3) is 4.03. The SMILES string of the molecule is NC(=O)c1ccccc1CCCCCCO. The molecule has 3 nitrogen and oxygen atoms in total. The van der Waals surface area contributed by atoms with Gasteiger partial charge in [0.1, 0.15) is 0 Å². The summed E-state index contributed by atoms with van der Waals surface area (Å²) >= 11 is 0. The van der Waals surface area contributed by atoms with Crippen molar-refractivity contribution in [2.24, 2.45) is 5.73 Å². The maximum Gasteiger partial charge on any atom is 0.248 e. The first-order chi connectivity index (χ1) is 7.75. The molecule has 0 saturated carbocycles. The molecule has 0 fully saturated rings. The van der Waals surface area contributed by atoms with E-state index in [2.05, 4.69) is 0 Å². The highest BCUT2D eigenvalue weighted by Gasteiger charge is 2.05. The molecular weight excluding hydrogens is 202 g/mol. The van der Waals surface area contributed by atoms with Gasteiger partial charge in [-0.15, -0.1) is 0 Å². The van der Waals surface area contributed by atoms with Crippen LogP contribution in [-0.2, 0) is 6.42 Å². The van der Waals surface area contributed by atoms with E-state index in [4.69, 9.17) is 10.8 Å². The number of carbonyl (C=O) groups is 1. The van der Waals surface area contributed by atoms with Crippen molar-refractivity contribution >= 4 is 5.91 Å². The zero-order valence-corrected chi connectivity index (χ0v) is 9.48. The summed E-state index contributed by atoms with van der Waals surface area (Å²) in [6, 6.07) is 7.47. The lowest BCUT2D eigenvalue weighted by Gasteiger charge is -2.05. The lowest BCUT2D eigenvalue weighted by Crippen LogP contribution is -2.13. The Kier molecular flexibility index (Phi) is 5.57. The third-order valence-corrected chi connectivity index (χ3v) is 2.64. The lowest BCUT2D eigenvalue weighted by molar-refractivity contribution is 0.0999. The summed E-state index contributed by atoms with van der Waals surface area (Å²) in [6.45, 7) is 0.262. The molecule has 1 amide bonds. The van der Waals surface area contributed by atoms with Gasteiger partial charge < -0.3 is 10.8 Å². The number of benzene rings is 1. The van der Waals surface area contributed by atoms with Gasteiger partial charge in [0, 0.05) is 12.2 Å². The fraction of sp³-hybridized carbons (Fsp3) is 0.462. The minimum atomic E-state index is -0.356. The van der Waals surface area contributed by atoms with Gasteiger partial charge in [0.2, 0.25) is 5.91 Å². The Hall–Kier alpha value is -1.35. The van der Waals surface area contributed by atoms with Gasteiger partial charge >= 0.3 is 0 Å². The van der Waals surface area contributed by atoms with Crippen molar-refractivity contribution in [3.05, 3.63) is 35.4 Å². The van der Waals surface area contributed by atoms with E-state index in [0.29, 0.717) is 5.56 Å². The second kappa shape index (κ2) is 7.01. The first kappa shape index (κ1) is 12.7. The van der Waals surface area contributed by atoms with Crippen molar-refractivity contribution in [2.45, 2.75) is 32.1 Å². The van der Waals surface area contributed by atoms with Crippen LogP contribution < -0.4 is 5.73 Å². The molecule has 0 bridgehead atoms. The van der Waals surface area contributed by atoms with Crippen LogP contribution in [0.3, 0.4) is 0 Å². The van der Waals surface area contributed by atoms with Crippen molar-refractivity contribution in [1.82, 2.24) is 0 Å². The van der Waals surface area contributed by atoms with Gasteiger partial charge in [-0.05, 0) is 30.9 Å². The fourth-order valence-electron chi connectivity index (χ4n) is 1.76. The van der Waals surface area contributed by atoms with Crippen molar-refractivity contribution in [2.75, 3.05) is 6.61 Å². The van der Waals surface area contributed by atoms with E-state index < -0.39 is 0 Å². The molecule has 0 aliphatic carbocycles. The highest BCUT2D eigenvalue weighted by atomic mass is 16.2. The molecule has 1 aromatic carbocycles. The lowest BCUT2D eigenvalue weighted by atomic mass is 10.0. The number of rotatable bonds is 7. The second-order valence-corrected chi connectivity index (χ2v) is 3.91. The van der Waals surface area contributed by atoms with Crippen molar-refractivity contribution in [3.63, 3.8) is 0 Å². The molecule has 0 heterocycles. The highest BCUT2D eigenvalue weighted by molar-refractivity contribution is 5.94. The molecule has 0 atom stereocenters. The van der Waals surface area contributed by atoms with Crippen LogP contribution in [0, 0.1) is 0 Å². The number of hydrogen-bond donors (Lipinski definition) is 2. The van der Waals surface area contributed by atoms with Crippen LogP contribution in [0.4, 0.5) is 0 Å². The predicted octanol–water partition coefficient (Wildman–Crippen LogP) is 1.88. The number of primary amides is 1. The van der Waals surface area contributed by atoms with Crippen molar-refractivity contribution in [1.29, 1.82) is 0 Å². The molecule has 88 valence electrons. The van der Waals surface area contributed by atoms with Crippen LogP contribution in [-0.4, -0.2) is 17.6 Å². The Bertz CT molecular complexity index is 336. The molecule has 0 unspecified atom stereocenters. The Balaban J connectivity index is 2.44. The number of aliphatic hydroxyl groups is 1. The van der Waals surface area contributed by atoms with E-state index in [1.54, 1.807) is 6.07 Å². The number of aryl methyl sites for hydroxylation is 1. The molecule has 0 saturated heterocycles. The van der Waals surface area contributed by atoms with E-state index in [1.165, 1.54) is 0 Å². The summed E-state index contributed by atoms with van der Waals surface area (Å²) in [5, 5.41) is 8.64. The van der Waals surface area contributed by atoms with Crippen LogP contribution >= 0.6 is 0 Å². The van der Waals surface area contributed by atoms with Gasteiger partial charge in [-0.25, -0.2) is 0 Å². The Labute approximate surface area is 96.3 Å². The molecule has 0 aliphatic rings. The van der Waals surface area contributed by atoms with Gasteiger partial charge in [-0.2, -0.15) is 0 Å². The minimum Gasteiger partial charge on any atom is -0.396 e. The standard InChI is InChI=1S/C13H19NO2/c14-13(16)12-9-5-4-8-11(12)7-3-1-2-6-10-15/h4-5,8-9,15H,1-3,6-7,10H2,(H2,14,16). The quantitative estimate of drug-likeness (QED) is 0.690. The molecule has 0 radical (unpaired) electrons. The zero-order valence-electron chi connectivity index (χ0n) is 9.48. The molecule has 1 aromatic rings. The van der Waals surface area contributed by atoms with E-state index in [9.17, 15) is 4.79 Å². The van der Waals surface area contributed by atoms with Gasteiger partial charge in [0.15, 0.2) is 0 Å². The topological polar surface area (TPSA) is 63.3 Å². The van der Waals surface area contributed by atoms with Gasteiger partial charge in [0.25, 0.3) is 0 Å². The number of unbranched alkanes of at least 4 members (excludes halogenated alkanes) is 3. The van der Waals surface area contributed by atoms with Crippen LogP contribution in [0.2, 0.25) is 0 Å². The van der Waals surface area contributed by atoms with Crippen LogP contribution in [0.25, 0.3) is 0 Å². The molecular formula is C13H19NO2.